The zero-order valence-corrected chi connectivity index (χ0v) is 22.6. The summed E-state index contributed by atoms with van der Waals surface area (Å²) in [6, 6.07) is 0. The molecule has 0 aliphatic carbocycles. The van der Waals surface area contributed by atoms with Crippen LogP contribution in [0, 0.1) is 0 Å². The largest absolute Gasteiger partial charge is 0.472 e. The van der Waals surface area contributed by atoms with Gasteiger partial charge in [0.1, 0.15) is 36.1 Å². The van der Waals surface area contributed by atoms with Gasteiger partial charge in [0.2, 0.25) is 5.95 Å². The van der Waals surface area contributed by atoms with E-state index in [2.05, 4.69) is 29.9 Å². The summed E-state index contributed by atoms with van der Waals surface area (Å²) in [6.45, 7) is -1.31. The zero-order chi connectivity index (χ0) is 30.3. The van der Waals surface area contributed by atoms with Crippen LogP contribution in [0.1, 0.15) is 12.5 Å². The minimum atomic E-state index is -4.99. The molecular weight excluding hydrogens is 601 g/mol. The molecule has 3 saturated heterocycles. The summed E-state index contributed by atoms with van der Waals surface area (Å²) in [6.07, 6.45) is -5.90. The third kappa shape index (κ3) is 4.40. The van der Waals surface area contributed by atoms with Crippen molar-refractivity contribution in [2.45, 2.75) is 48.6 Å². The van der Waals surface area contributed by atoms with E-state index in [-0.39, 0.29) is 34.9 Å². The fourth-order valence-electron chi connectivity index (χ4n) is 5.44. The van der Waals surface area contributed by atoms with Crippen LogP contribution in [0.2, 0.25) is 0 Å². The van der Waals surface area contributed by atoms with Crippen LogP contribution in [0.4, 0.5) is 5.95 Å². The van der Waals surface area contributed by atoms with E-state index in [4.69, 9.17) is 29.0 Å². The van der Waals surface area contributed by atoms with Crippen LogP contribution in [0.3, 0.4) is 0 Å². The maximum absolute atomic E-state index is 13.2. The van der Waals surface area contributed by atoms with Crippen LogP contribution >= 0.6 is 7.82 Å². The van der Waals surface area contributed by atoms with Crippen LogP contribution in [0.25, 0.3) is 22.3 Å². The number of nitrogens with zero attached hydrogens (tertiary/aromatic N) is 6. The van der Waals surface area contributed by atoms with E-state index in [0.717, 1.165) is 6.33 Å². The van der Waals surface area contributed by atoms with Crippen molar-refractivity contribution in [3.8, 4) is 0 Å². The monoisotopic (exact) mass is 625 g/mol. The van der Waals surface area contributed by atoms with Crippen molar-refractivity contribution in [2.24, 2.45) is 0 Å². The molecule has 3 aliphatic heterocycles. The topological polar surface area (TPSA) is 297 Å². The molecule has 9 atom stereocenters. The first-order chi connectivity index (χ1) is 20.5. The maximum Gasteiger partial charge on any atom is 0.472 e. The predicted molar refractivity (Wildman–Crippen MR) is 137 cm³/mol. The average Bonchev–Trinajstić information content (AvgIpc) is 3.68. The molecule has 3 fully saturated rings. The number of aliphatic hydroxyl groups excluding tert-OH is 3. The van der Waals surface area contributed by atoms with Crippen molar-refractivity contribution in [1.29, 1.82) is 0 Å². The Hall–Kier alpha value is -3.63. The van der Waals surface area contributed by atoms with E-state index in [1.165, 1.54) is 21.8 Å². The smallest absolute Gasteiger partial charge is 0.393 e. The summed E-state index contributed by atoms with van der Waals surface area (Å²) in [5.41, 5.74) is 3.15. The van der Waals surface area contributed by atoms with Crippen LogP contribution in [0.15, 0.2) is 28.6 Å². The number of nitrogens with one attached hydrogen (secondary N) is 2. The molecule has 0 saturated carbocycles. The molecule has 8 N–H and O–H groups in total. The van der Waals surface area contributed by atoms with Crippen LogP contribution in [-0.4, -0.2) is 115 Å². The van der Waals surface area contributed by atoms with E-state index in [1.807, 2.05) is 0 Å². The summed E-state index contributed by atoms with van der Waals surface area (Å²) in [5.74, 6) is -0.219. The van der Waals surface area contributed by atoms with Crippen LogP contribution in [-0.2, 0) is 27.8 Å². The number of hydrogen-bond donors (Lipinski definition) is 7. The number of hydrogen-bond acceptors (Lipinski definition) is 16. The van der Waals surface area contributed by atoms with Crippen molar-refractivity contribution in [1.82, 2.24) is 39.0 Å². The van der Waals surface area contributed by atoms with E-state index >= 15 is 0 Å². The molecule has 21 nitrogen and oxygen atoms in total. The lowest BCUT2D eigenvalue weighted by Crippen LogP contribution is -2.61. The summed E-state index contributed by atoms with van der Waals surface area (Å²) in [7, 11) is -4.99. The molecule has 4 aromatic rings. The van der Waals surface area contributed by atoms with E-state index in [1.54, 1.807) is 0 Å². The van der Waals surface area contributed by atoms with Gasteiger partial charge in [-0.2, -0.15) is 4.98 Å². The standard InChI is InChI=1S/C21H24N9O12P/c22-20-27-15-9(17(35)28-20)26-6-30(15)19-12(13-21(2-31,41-19)3-38-13)42-43(36,37)39-1-7-10(32)11(33)18(40-7)29-5-25-8-14(29)23-4-24-16(8)34/h4-7,10-13,18-19,31-33H,1-3H2,(H,36,37)(H,23,24,34)(H3,22,27,28,35)/t7-,10-,11-,12-,13+,18?,19-,21+/m1/s1. The number of ether oxygens (including phenoxy) is 3. The molecule has 3 aliphatic rings. The molecule has 43 heavy (non-hydrogen) atoms. The molecule has 7 heterocycles. The lowest BCUT2D eigenvalue weighted by molar-refractivity contribution is -0.245. The Labute approximate surface area is 237 Å². The molecule has 7 rings (SSSR count). The van der Waals surface area contributed by atoms with E-state index in [9.17, 15) is 34.4 Å². The number of rotatable bonds is 8. The Kier molecular flexibility index (Phi) is 6.52. The van der Waals surface area contributed by atoms with Crippen molar-refractivity contribution >= 4 is 36.1 Å². The van der Waals surface area contributed by atoms with Gasteiger partial charge in [0.05, 0.1) is 38.8 Å². The summed E-state index contributed by atoms with van der Waals surface area (Å²) in [5, 5.41) is 31.2. The highest BCUT2D eigenvalue weighted by Gasteiger charge is 2.65. The quantitative estimate of drug-likeness (QED) is 0.0939. The molecule has 4 aromatic heterocycles. The molecule has 0 radical (unpaired) electrons. The number of aromatic nitrogens is 8. The van der Waals surface area contributed by atoms with E-state index in [0.29, 0.717) is 0 Å². The second-order valence-electron chi connectivity index (χ2n) is 10.2. The molecular formula is C21H24N9O12P. The van der Waals surface area contributed by atoms with Crippen molar-refractivity contribution in [3.63, 3.8) is 0 Å². The number of aliphatic hydroxyl groups is 3. The Morgan fingerprint density at radius 1 is 1.09 bits per heavy atom. The summed E-state index contributed by atoms with van der Waals surface area (Å²) >= 11 is 0. The highest BCUT2D eigenvalue weighted by molar-refractivity contribution is 7.47. The highest BCUT2D eigenvalue weighted by Crippen LogP contribution is 2.54. The van der Waals surface area contributed by atoms with Gasteiger partial charge in [-0.3, -0.25) is 32.8 Å². The third-order valence-corrected chi connectivity index (χ3v) is 8.57. The SMILES string of the molecule is Nc1nc2c(ncn2[C@@H]2O[C@@]3(CO)CO[C@H]3[C@H]2OP(=O)(O)OC[C@H]2OC(n3cnc4c(=O)[nH]cnc43)[C@H](O)[C@@H]2O)c(=O)[nH]1. The van der Waals surface area contributed by atoms with Crippen LogP contribution in [0.5, 0.6) is 0 Å². The number of H-pyrrole nitrogens is 2. The van der Waals surface area contributed by atoms with Crippen molar-refractivity contribution in [2.75, 3.05) is 25.6 Å². The third-order valence-electron chi connectivity index (χ3n) is 7.59. The second-order valence-corrected chi connectivity index (χ2v) is 11.6. The minimum Gasteiger partial charge on any atom is -0.393 e. The average molecular weight is 625 g/mol. The molecule has 0 amide bonds. The molecule has 0 bridgehead atoms. The van der Waals surface area contributed by atoms with Gasteiger partial charge in [0, 0.05) is 0 Å². The zero-order valence-electron chi connectivity index (χ0n) is 21.7. The number of nitrogen functional groups attached to an aromatic ring is 1. The fraction of sp³-hybridized carbons (Fsp3) is 0.524. The van der Waals surface area contributed by atoms with Gasteiger partial charge in [-0.15, -0.1) is 0 Å². The number of phosphoric acid groups is 1. The molecule has 230 valence electrons. The van der Waals surface area contributed by atoms with Gasteiger partial charge in [-0.05, 0) is 0 Å². The normalized spacial score (nSPS) is 33.5. The van der Waals surface area contributed by atoms with Crippen LogP contribution < -0.4 is 16.9 Å². The predicted octanol–water partition coefficient (Wildman–Crippen LogP) is -3.38. The second kappa shape index (κ2) is 9.95. The number of nitrogens with two attached hydrogens (primary N) is 1. The van der Waals surface area contributed by atoms with Crippen molar-refractivity contribution < 1.29 is 48.0 Å². The Morgan fingerprint density at radius 2 is 1.81 bits per heavy atom. The van der Waals surface area contributed by atoms with Crippen molar-refractivity contribution in [3.05, 3.63) is 39.7 Å². The number of anilines is 1. The van der Waals surface area contributed by atoms with Gasteiger partial charge in [-0.25, -0.2) is 19.5 Å². The maximum atomic E-state index is 13.2. The minimum absolute atomic E-state index is 0.0195. The van der Waals surface area contributed by atoms with Gasteiger partial charge in [0.15, 0.2) is 34.8 Å². The molecule has 2 unspecified atom stereocenters. The number of imidazole rings is 2. The first-order valence-electron chi connectivity index (χ1n) is 12.7. The lowest BCUT2D eigenvalue weighted by Gasteiger charge is -2.42. The first kappa shape index (κ1) is 28.2. The number of phosphoric ester groups is 1. The number of aromatic amines is 2. The highest BCUT2D eigenvalue weighted by atomic mass is 31.2. The fourth-order valence-corrected chi connectivity index (χ4v) is 6.36. The first-order valence-corrected chi connectivity index (χ1v) is 14.2. The van der Waals surface area contributed by atoms with Gasteiger partial charge in [-0.1, -0.05) is 0 Å². The Bertz CT molecular complexity index is 1870. The molecule has 22 heteroatoms. The van der Waals surface area contributed by atoms with E-state index < -0.39 is 80.7 Å². The Morgan fingerprint density at radius 3 is 2.51 bits per heavy atom. The molecule has 0 spiro atoms. The van der Waals surface area contributed by atoms with Gasteiger partial charge < -0.3 is 45.1 Å². The summed E-state index contributed by atoms with van der Waals surface area (Å²) in [4.78, 5) is 55.6. The van der Waals surface area contributed by atoms with Gasteiger partial charge in [0.25, 0.3) is 11.1 Å². The lowest BCUT2D eigenvalue weighted by atomic mass is 9.91. The number of fused-ring (bicyclic) bond motifs is 3. The van der Waals surface area contributed by atoms with Gasteiger partial charge >= 0.3 is 7.82 Å². The Balaban J connectivity index is 1.10. The summed E-state index contributed by atoms with van der Waals surface area (Å²) < 4.78 is 43.5. The molecule has 0 aromatic carbocycles.